The van der Waals surface area contributed by atoms with E-state index in [2.05, 4.69) is 18.2 Å². The van der Waals surface area contributed by atoms with Crippen molar-refractivity contribution in [3.05, 3.63) is 81.4 Å². The fourth-order valence-corrected chi connectivity index (χ4v) is 3.10. The fourth-order valence-electron chi connectivity index (χ4n) is 3.10. The van der Waals surface area contributed by atoms with Gasteiger partial charge in [-0.25, -0.2) is 4.79 Å². The number of hydrogen-bond acceptors (Lipinski definition) is 3. The smallest absolute Gasteiger partial charge is 0.336 e. The Balaban J connectivity index is 2.10. The van der Waals surface area contributed by atoms with Crippen LogP contribution in [0.5, 0.6) is 0 Å². The summed E-state index contributed by atoms with van der Waals surface area (Å²) in [7, 11) is 0. The van der Waals surface area contributed by atoms with Gasteiger partial charge in [0.1, 0.15) is 11.2 Å². The molecule has 0 radical (unpaired) electrons. The number of rotatable bonds is 2. The molecule has 114 valence electrons. The molecule has 0 aliphatic heterocycles. The molecule has 0 aliphatic rings. The van der Waals surface area contributed by atoms with E-state index in [0.717, 1.165) is 38.6 Å². The van der Waals surface area contributed by atoms with Crippen molar-refractivity contribution in [1.82, 2.24) is 0 Å². The third kappa shape index (κ3) is 2.25. The SMILES string of the molecule is Cc1coc2c(Cc3ccccc3)c3oc(=O)cc(C)c3cc12. The number of furan rings is 1. The second-order valence-corrected chi connectivity index (χ2v) is 5.94. The van der Waals surface area contributed by atoms with Crippen molar-refractivity contribution < 1.29 is 8.83 Å². The lowest BCUT2D eigenvalue weighted by Gasteiger charge is -2.09. The summed E-state index contributed by atoms with van der Waals surface area (Å²) in [5.74, 6) is 0. The summed E-state index contributed by atoms with van der Waals surface area (Å²) >= 11 is 0. The number of hydrogen-bond donors (Lipinski definition) is 0. The molecule has 0 aliphatic carbocycles. The summed E-state index contributed by atoms with van der Waals surface area (Å²) in [6.07, 6.45) is 2.42. The molecular formula is C20H16O3. The Morgan fingerprint density at radius 1 is 0.913 bits per heavy atom. The summed E-state index contributed by atoms with van der Waals surface area (Å²) in [4.78, 5) is 11.9. The van der Waals surface area contributed by atoms with E-state index in [9.17, 15) is 4.79 Å². The predicted molar refractivity (Wildman–Crippen MR) is 91.0 cm³/mol. The molecule has 2 aromatic carbocycles. The van der Waals surface area contributed by atoms with E-state index < -0.39 is 0 Å². The van der Waals surface area contributed by atoms with Crippen molar-refractivity contribution in [2.45, 2.75) is 20.3 Å². The summed E-state index contributed by atoms with van der Waals surface area (Å²) in [6.45, 7) is 3.96. The second kappa shape index (κ2) is 5.13. The van der Waals surface area contributed by atoms with Gasteiger partial charge in [0.15, 0.2) is 0 Å². The average Bonchev–Trinajstić information content (AvgIpc) is 2.90. The first kappa shape index (κ1) is 13.8. The quantitative estimate of drug-likeness (QED) is 0.502. The van der Waals surface area contributed by atoms with E-state index in [1.807, 2.05) is 32.0 Å². The van der Waals surface area contributed by atoms with E-state index in [-0.39, 0.29) is 5.63 Å². The summed E-state index contributed by atoms with van der Waals surface area (Å²) in [6, 6.07) is 13.7. The Morgan fingerprint density at radius 3 is 2.43 bits per heavy atom. The number of benzene rings is 2. The Bertz CT molecular complexity index is 1070. The standard InChI is InChI=1S/C20H16O3/c1-12-8-18(21)23-20-15(12)10-16-13(2)11-22-19(16)17(20)9-14-6-4-3-5-7-14/h3-8,10-11H,9H2,1-2H3. The van der Waals surface area contributed by atoms with Crippen LogP contribution in [0.4, 0.5) is 0 Å². The van der Waals surface area contributed by atoms with Crippen LogP contribution in [0, 0.1) is 13.8 Å². The van der Waals surface area contributed by atoms with Gasteiger partial charge in [-0.2, -0.15) is 0 Å². The minimum Gasteiger partial charge on any atom is -0.464 e. The first-order valence-electron chi connectivity index (χ1n) is 7.61. The maximum atomic E-state index is 11.9. The van der Waals surface area contributed by atoms with Gasteiger partial charge in [0, 0.05) is 28.8 Å². The molecular weight excluding hydrogens is 288 g/mol. The van der Waals surface area contributed by atoms with Crippen LogP contribution < -0.4 is 5.63 Å². The van der Waals surface area contributed by atoms with Gasteiger partial charge in [-0.1, -0.05) is 30.3 Å². The molecule has 3 nitrogen and oxygen atoms in total. The molecule has 23 heavy (non-hydrogen) atoms. The Kier molecular flexibility index (Phi) is 3.08. The summed E-state index contributed by atoms with van der Waals surface area (Å²) < 4.78 is 11.3. The molecule has 0 fully saturated rings. The van der Waals surface area contributed by atoms with E-state index in [4.69, 9.17) is 8.83 Å². The highest BCUT2D eigenvalue weighted by atomic mass is 16.4. The molecule has 0 atom stereocenters. The van der Waals surface area contributed by atoms with Crippen LogP contribution in [0.3, 0.4) is 0 Å². The third-order valence-electron chi connectivity index (χ3n) is 4.29. The highest BCUT2D eigenvalue weighted by Gasteiger charge is 2.16. The zero-order valence-electron chi connectivity index (χ0n) is 13.1. The highest BCUT2D eigenvalue weighted by molar-refractivity contribution is 5.99. The average molecular weight is 304 g/mol. The minimum absolute atomic E-state index is 0.327. The van der Waals surface area contributed by atoms with E-state index >= 15 is 0 Å². The predicted octanol–water partition coefficient (Wildman–Crippen LogP) is 4.75. The topological polar surface area (TPSA) is 43.4 Å². The largest absolute Gasteiger partial charge is 0.464 e. The van der Waals surface area contributed by atoms with Gasteiger partial charge in [0.05, 0.1) is 6.26 Å². The lowest BCUT2D eigenvalue weighted by atomic mass is 9.97. The van der Waals surface area contributed by atoms with Gasteiger partial charge in [-0.15, -0.1) is 0 Å². The maximum absolute atomic E-state index is 11.9. The molecule has 0 N–H and O–H groups in total. The van der Waals surface area contributed by atoms with Crippen LogP contribution >= 0.6 is 0 Å². The zero-order chi connectivity index (χ0) is 16.0. The Labute approximate surface area is 133 Å². The van der Waals surface area contributed by atoms with Crippen molar-refractivity contribution >= 4 is 21.9 Å². The van der Waals surface area contributed by atoms with Crippen LogP contribution in [0.15, 0.2) is 62.4 Å². The van der Waals surface area contributed by atoms with Gasteiger partial charge >= 0.3 is 5.63 Å². The summed E-state index contributed by atoms with van der Waals surface area (Å²) in [5.41, 5.74) is 5.19. The lowest BCUT2D eigenvalue weighted by Crippen LogP contribution is -2.01. The minimum atomic E-state index is -0.327. The molecule has 0 saturated carbocycles. The zero-order valence-corrected chi connectivity index (χ0v) is 13.1. The molecule has 4 aromatic rings. The van der Waals surface area contributed by atoms with Crippen molar-refractivity contribution in [3.8, 4) is 0 Å². The van der Waals surface area contributed by atoms with Crippen molar-refractivity contribution in [2.75, 3.05) is 0 Å². The van der Waals surface area contributed by atoms with Crippen LogP contribution in [-0.2, 0) is 6.42 Å². The first-order valence-corrected chi connectivity index (χ1v) is 7.61. The molecule has 0 unspecified atom stereocenters. The molecule has 2 aromatic heterocycles. The van der Waals surface area contributed by atoms with Gasteiger partial charge in [0.25, 0.3) is 0 Å². The second-order valence-electron chi connectivity index (χ2n) is 5.94. The van der Waals surface area contributed by atoms with Gasteiger partial charge in [0.2, 0.25) is 0 Å². The molecule has 0 spiro atoms. The fraction of sp³-hybridized carbons (Fsp3) is 0.150. The Hall–Kier alpha value is -2.81. The maximum Gasteiger partial charge on any atom is 0.336 e. The van der Waals surface area contributed by atoms with Crippen molar-refractivity contribution in [3.63, 3.8) is 0 Å². The van der Waals surface area contributed by atoms with Crippen LogP contribution in [0.1, 0.15) is 22.3 Å². The molecule has 0 bridgehead atoms. The molecule has 4 rings (SSSR count). The molecule has 2 heterocycles. The van der Waals surface area contributed by atoms with Gasteiger partial charge in [-0.3, -0.25) is 0 Å². The first-order chi connectivity index (χ1) is 11.1. The molecule has 0 amide bonds. The highest BCUT2D eigenvalue weighted by Crippen LogP contribution is 2.33. The van der Waals surface area contributed by atoms with Crippen LogP contribution in [-0.4, -0.2) is 0 Å². The molecule has 3 heteroatoms. The van der Waals surface area contributed by atoms with Crippen molar-refractivity contribution in [2.24, 2.45) is 0 Å². The van der Waals surface area contributed by atoms with E-state index in [1.165, 1.54) is 6.07 Å². The number of fused-ring (bicyclic) bond motifs is 2. The molecule has 0 saturated heterocycles. The van der Waals surface area contributed by atoms with Crippen molar-refractivity contribution in [1.29, 1.82) is 0 Å². The third-order valence-corrected chi connectivity index (χ3v) is 4.29. The summed E-state index contributed by atoms with van der Waals surface area (Å²) in [5, 5.41) is 2.04. The van der Waals surface area contributed by atoms with Gasteiger partial charge in [-0.05, 0) is 36.6 Å². The lowest BCUT2D eigenvalue weighted by molar-refractivity contribution is 0.553. The van der Waals surface area contributed by atoms with Gasteiger partial charge < -0.3 is 8.83 Å². The normalized spacial score (nSPS) is 11.4. The van der Waals surface area contributed by atoms with E-state index in [0.29, 0.717) is 12.0 Å². The van der Waals surface area contributed by atoms with E-state index in [1.54, 1.807) is 6.26 Å². The van der Waals surface area contributed by atoms with Crippen LogP contribution in [0.25, 0.3) is 21.9 Å². The Morgan fingerprint density at radius 2 is 1.65 bits per heavy atom. The van der Waals surface area contributed by atoms with Crippen LogP contribution in [0.2, 0.25) is 0 Å². The monoisotopic (exact) mass is 304 g/mol. The number of aryl methyl sites for hydroxylation is 2.